The molecule has 0 spiro atoms. The number of nitrogens with zero attached hydrogens (tertiary/aromatic N) is 4. The summed E-state index contributed by atoms with van der Waals surface area (Å²) in [4.78, 5) is 12.2. The molecule has 0 saturated carbocycles. The minimum atomic E-state index is 0.551. The van der Waals surface area contributed by atoms with E-state index in [-0.39, 0.29) is 0 Å². The molecule has 2 fully saturated rings. The minimum Gasteiger partial charge on any atom is -0.317 e. The van der Waals surface area contributed by atoms with Crippen molar-refractivity contribution in [2.45, 2.75) is 38.6 Å². The van der Waals surface area contributed by atoms with Gasteiger partial charge in [0.15, 0.2) is 5.65 Å². The molecule has 5 nitrogen and oxygen atoms in total. The van der Waals surface area contributed by atoms with Crippen molar-refractivity contribution in [1.29, 1.82) is 0 Å². The SMILES string of the molecule is CCN1CCC(Cc2nc3cccnc3n2C2CCNCC2)C1. The maximum atomic E-state index is 4.96. The van der Waals surface area contributed by atoms with Crippen molar-refractivity contribution in [2.24, 2.45) is 5.92 Å². The summed E-state index contributed by atoms with van der Waals surface area (Å²) in [5.74, 6) is 2.00. The van der Waals surface area contributed by atoms with E-state index in [4.69, 9.17) is 4.98 Å². The Morgan fingerprint density at radius 2 is 2.13 bits per heavy atom. The highest BCUT2D eigenvalue weighted by atomic mass is 15.2. The topological polar surface area (TPSA) is 46.0 Å². The van der Waals surface area contributed by atoms with Gasteiger partial charge in [-0.1, -0.05) is 6.92 Å². The quantitative estimate of drug-likeness (QED) is 0.940. The van der Waals surface area contributed by atoms with E-state index in [2.05, 4.69) is 32.8 Å². The molecule has 1 N–H and O–H groups in total. The second-order valence-electron chi connectivity index (χ2n) is 6.98. The second-order valence-corrected chi connectivity index (χ2v) is 6.98. The summed E-state index contributed by atoms with van der Waals surface area (Å²) in [6, 6.07) is 4.66. The summed E-state index contributed by atoms with van der Waals surface area (Å²) in [5, 5.41) is 3.47. The van der Waals surface area contributed by atoms with Crippen molar-refractivity contribution >= 4 is 11.2 Å². The zero-order chi connectivity index (χ0) is 15.6. The van der Waals surface area contributed by atoms with Crippen molar-refractivity contribution in [1.82, 2.24) is 24.8 Å². The predicted octanol–water partition coefficient (Wildman–Crippen LogP) is 2.24. The average Bonchev–Trinajstić information content (AvgIpc) is 3.19. The zero-order valence-corrected chi connectivity index (χ0v) is 14.0. The number of hydrogen-bond donors (Lipinski definition) is 1. The highest BCUT2D eigenvalue weighted by molar-refractivity contribution is 5.71. The van der Waals surface area contributed by atoms with Gasteiger partial charge in [-0.3, -0.25) is 0 Å². The van der Waals surface area contributed by atoms with E-state index in [9.17, 15) is 0 Å². The van der Waals surface area contributed by atoms with Gasteiger partial charge in [0.1, 0.15) is 11.3 Å². The summed E-state index contributed by atoms with van der Waals surface area (Å²) >= 11 is 0. The number of rotatable bonds is 4. The first-order valence-electron chi connectivity index (χ1n) is 9.10. The van der Waals surface area contributed by atoms with Gasteiger partial charge < -0.3 is 14.8 Å². The third-order valence-electron chi connectivity index (χ3n) is 5.48. The molecule has 23 heavy (non-hydrogen) atoms. The molecule has 1 atom stereocenters. The van der Waals surface area contributed by atoms with Crippen molar-refractivity contribution in [3.05, 3.63) is 24.2 Å². The van der Waals surface area contributed by atoms with Crippen molar-refractivity contribution < 1.29 is 0 Å². The Bertz CT molecular complexity index is 658. The maximum Gasteiger partial charge on any atom is 0.160 e. The highest BCUT2D eigenvalue weighted by Gasteiger charge is 2.26. The Hall–Kier alpha value is -1.46. The molecule has 1 unspecified atom stereocenters. The summed E-state index contributed by atoms with van der Waals surface area (Å²) in [6.07, 6.45) is 6.66. The fourth-order valence-corrected chi connectivity index (χ4v) is 4.19. The van der Waals surface area contributed by atoms with Crippen LogP contribution in [0.25, 0.3) is 11.2 Å². The molecule has 5 heteroatoms. The Labute approximate surface area is 138 Å². The van der Waals surface area contributed by atoms with Crippen LogP contribution in [0.4, 0.5) is 0 Å². The molecular formula is C18H27N5. The van der Waals surface area contributed by atoms with Gasteiger partial charge in [-0.15, -0.1) is 0 Å². The first-order chi connectivity index (χ1) is 11.3. The number of fused-ring (bicyclic) bond motifs is 1. The molecule has 0 aromatic carbocycles. The Morgan fingerprint density at radius 3 is 2.91 bits per heavy atom. The maximum absolute atomic E-state index is 4.96. The number of aromatic nitrogens is 3. The Kier molecular flexibility index (Phi) is 4.31. The van der Waals surface area contributed by atoms with Crippen LogP contribution in [0.3, 0.4) is 0 Å². The number of likely N-dealkylation sites (tertiary alicyclic amines) is 1. The van der Waals surface area contributed by atoms with E-state index in [1.54, 1.807) is 0 Å². The van der Waals surface area contributed by atoms with Crippen molar-refractivity contribution in [3.8, 4) is 0 Å². The van der Waals surface area contributed by atoms with E-state index in [0.29, 0.717) is 6.04 Å². The van der Waals surface area contributed by atoms with Gasteiger partial charge in [0.2, 0.25) is 0 Å². The molecule has 2 aromatic rings. The Balaban J connectivity index is 1.65. The average molecular weight is 313 g/mol. The minimum absolute atomic E-state index is 0.551. The number of nitrogens with one attached hydrogen (secondary N) is 1. The van der Waals surface area contributed by atoms with E-state index in [1.807, 2.05) is 12.3 Å². The molecular weight excluding hydrogens is 286 g/mol. The third kappa shape index (κ3) is 3.00. The van der Waals surface area contributed by atoms with Gasteiger partial charge in [0, 0.05) is 25.2 Å². The first-order valence-corrected chi connectivity index (χ1v) is 9.10. The number of piperidine rings is 1. The standard InChI is InChI=1S/C18H27N5/c1-2-22-11-7-14(13-22)12-17-21-16-4-3-8-20-18(16)23(17)15-5-9-19-10-6-15/h3-4,8,14-15,19H,2,5-7,9-13H2,1H3. The first kappa shape index (κ1) is 15.1. The smallest absolute Gasteiger partial charge is 0.160 e. The molecule has 0 amide bonds. The molecule has 4 heterocycles. The lowest BCUT2D eigenvalue weighted by atomic mass is 10.0. The molecule has 2 aliphatic heterocycles. The van der Waals surface area contributed by atoms with Crippen LogP contribution < -0.4 is 5.32 Å². The van der Waals surface area contributed by atoms with Gasteiger partial charge in [-0.2, -0.15) is 0 Å². The van der Waals surface area contributed by atoms with E-state index < -0.39 is 0 Å². The summed E-state index contributed by atoms with van der Waals surface area (Å²) in [5.41, 5.74) is 2.14. The lowest BCUT2D eigenvalue weighted by Gasteiger charge is -2.26. The van der Waals surface area contributed by atoms with Crippen LogP contribution in [-0.4, -0.2) is 52.2 Å². The van der Waals surface area contributed by atoms with Crippen LogP contribution in [0, 0.1) is 5.92 Å². The van der Waals surface area contributed by atoms with Crippen molar-refractivity contribution in [2.75, 3.05) is 32.7 Å². The number of pyridine rings is 1. The third-order valence-corrected chi connectivity index (χ3v) is 5.48. The summed E-state index contributed by atoms with van der Waals surface area (Å²) < 4.78 is 2.46. The Morgan fingerprint density at radius 1 is 1.26 bits per heavy atom. The lowest BCUT2D eigenvalue weighted by Crippen LogP contribution is -2.30. The van der Waals surface area contributed by atoms with E-state index in [1.165, 1.54) is 44.7 Å². The van der Waals surface area contributed by atoms with Gasteiger partial charge in [-0.05, 0) is 63.5 Å². The van der Waals surface area contributed by atoms with Gasteiger partial charge in [0.05, 0.1) is 0 Å². The molecule has 0 aliphatic carbocycles. The van der Waals surface area contributed by atoms with Crippen molar-refractivity contribution in [3.63, 3.8) is 0 Å². The number of hydrogen-bond acceptors (Lipinski definition) is 4. The van der Waals surface area contributed by atoms with Crippen LogP contribution in [0.5, 0.6) is 0 Å². The van der Waals surface area contributed by atoms with Crippen LogP contribution in [0.1, 0.15) is 38.1 Å². The molecule has 0 bridgehead atoms. The number of imidazole rings is 1. The zero-order valence-electron chi connectivity index (χ0n) is 14.0. The highest BCUT2D eigenvalue weighted by Crippen LogP contribution is 2.28. The fourth-order valence-electron chi connectivity index (χ4n) is 4.19. The molecule has 124 valence electrons. The molecule has 2 aliphatic rings. The van der Waals surface area contributed by atoms with Gasteiger partial charge >= 0.3 is 0 Å². The normalized spacial score (nSPS) is 23.8. The molecule has 4 rings (SSSR count). The molecule has 0 radical (unpaired) electrons. The second kappa shape index (κ2) is 6.57. The fraction of sp³-hybridized carbons (Fsp3) is 0.667. The lowest BCUT2D eigenvalue weighted by molar-refractivity contribution is 0.334. The summed E-state index contributed by atoms with van der Waals surface area (Å²) in [6.45, 7) is 8.10. The van der Waals surface area contributed by atoms with Gasteiger partial charge in [-0.25, -0.2) is 9.97 Å². The van der Waals surface area contributed by atoms with Gasteiger partial charge in [0.25, 0.3) is 0 Å². The van der Waals surface area contributed by atoms with Crippen LogP contribution in [-0.2, 0) is 6.42 Å². The molecule has 2 aromatic heterocycles. The monoisotopic (exact) mass is 313 g/mol. The predicted molar refractivity (Wildman–Crippen MR) is 92.6 cm³/mol. The van der Waals surface area contributed by atoms with E-state index in [0.717, 1.165) is 36.6 Å². The largest absolute Gasteiger partial charge is 0.317 e. The van der Waals surface area contributed by atoms with Crippen LogP contribution >= 0.6 is 0 Å². The van der Waals surface area contributed by atoms with Crippen LogP contribution in [0.2, 0.25) is 0 Å². The molecule has 2 saturated heterocycles. The summed E-state index contributed by atoms with van der Waals surface area (Å²) in [7, 11) is 0. The van der Waals surface area contributed by atoms with E-state index >= 15 is 0 Å². The van der Waals surface area contributed by atoms with Crippen LogP contribution in [0.15, 0.2) is 18.3 Å².